The Balaban J connectivity index is 0.00000199. The van der Waals surface area contributed by atoms with E-state index in [0.717, 1.165) is 43.8 Å². The second-order valence-corrected chi connectivity index (χ2v) is 9.35. The highest BCUT2D eigenvalue weighted by molar-refractivity contribution is 5.82. The summed E-state index contributed by atoms with van der Waals surface area (Å²) in [6, 6.07) is 8.85. The van der Waals surface area contributed by atoms with Crippen molar-refractivity contribution in [3.05, 3.63) is 59.5 Å². The summed E-state index contributed by atoms with van der Waals surface area (Å²) in [7, 11) is 0. The van der Waals surface area contributed by atoms with Crippen LogP contribution in [0.25, 0.3) is 0 Å². The van der Waals surface area contributed by atoms with E-state index in [9.17, 15) is 9.59 Å². The molecule has 6 nitrogen and oxygen atoms in total. The molecule has 0 bridgehead atoms. The van der Waals surface area contributed by atoms with Crippen LogP contribution in [-0.4, -0.2) is 46.8 Å². The lowest BCUT2D eigenvalue weighted by atomic mass is 9.87. The molecule has 1 saturated heterocycles. The second-order valence-electron chi connectivity index (χ2n) is 9.35. The summed E-state index contributed by atoms with van der Waals surface area (Å²) in [5.74, 6) is 0.980. The average molecular weight is 470 g/mol. The number of ether oxygens (including phenoxy) is 1. The van der Waals surface area contributed by atoms with Crippen LogP contribution < -0.4 is 5.73 Å². The van der Waals surface area contributed by atoms with Gasteiger partial charge in [0.1, 0.15) is 11.4 Å². The Kier molecular flexibility index (Phi) is 10.2. The van der Waals surface area contributed by atoms with E-state index in [1.165, 1.54) is 11.1 Å². The standard InChI is InChI=1S/C26H37N3O3.C2H6/c1-5-23-20(4)32-26(12-15-28(16-13-26)25(31)11-10-24(27)30)14-17-29(23)18-21-6-8-22(9-7-21)19(2)3;1-2/h5-9,19H,1,10-18H2,2-4H3,(H2,27,30);1-2H3. The Labute approximate surface area is 205 Å². The van der Waals surface area contributed by atoms with Gasteiger partial charge >= 0.3 is 0 Å². The highest BCUT2D eigenvalue weighted by Gasteiger charge is 2.40. The molecular formula is C28H43N3O3. The van der Waals surface area contributed by atoms with Crippen LogP contribution in [-0.2, 0) is 20.9 Å². The molecule has 3 rings (SSSR count). The number of allylic oxidation sites excluding steroid dienone is 2. The summed E-state index contributed by atoms with van der Waals surface area (Å²) in [5, 5.41) is 0. The molecule has 1 fully saturated rings. The molecule has 2 N–H and O–H groups in total. The van der Waals surface area contributed by atoms with Gasteiger partial charge in [-0.2, -0.15) is 0 Å². The Hall–Kier alpha value is -2.76. The van der Waals surface area contributed by atoms with Gasteiger partial charge in [0.05, 0.1) is 5.70 Å². The van der Waals surface area contributed by atoms with Gasteiger partial charge in [0.2, 0.25) is 11.8 Å². The summed E-state index contributed by atoms with van der Waals surface area (Å²) < 4.78 is 6.54. The number of hydrogen-bond acceptors (Lipinski definition) is 4. The number of amides is 2. The van der Waals surface area contributed by atoms with Gasteiger partial charge in [-0.15, -0.1) is 0 Å². The molecule has 0 saturated carbocycles. The number of carbonyl (C=O) groups is 2. The molecule has 0 aliphatic carbocycles. The van der Waals surface area contributed by atoms with Crippen molar-refractivity contribution in [3.8, 4) is 0 Å². The predicted molar refractivity (Wildman–Crippen MR) is 138 cm³/mol. The maximum absolute atomic E-state index is 12.4. The van der Waals surface area contributed by atoms with Crippen LogP contribution in [0.2, 0.25) is 0 Å². The second kappa shape index (κ2) is 12.6. The predicted octanol–water partition coefficient (Wildman–Crippen LogP) is 5.10. The van der Waals surface area contributed by atoms with Gasteiger partial charge in [0, 0.05) is 58.3 Å². The maximum atomic E-state index is 12.4. The van der Waals surface area contributed by atoms with Crippen LogP contribution in [0.15, 0.2) is 48.4 Å². The first-order valence-corrected chi connectivity index (χ1v) is 12.7. The van der Waals surface area contributed by atoms with Crippen molar-refractivity contribution in [1.82, 2.24) is 9.80 Å². The Morgan fingerprint density at radius 3 is 2.21 bits per heavy atom. The molecular weight excluding hydrogens is 426 g/mol. The maximum Gasteiger partial charge on any atom is 0.223 e. The molecule has 0 radical (unpaired) electrons. The van der Waals surface area contributed by atoms with Gasteiger partial charge < -0.3 is 20.3 Å². The van der Waals surface area contributed by atoms with Crippen molar-refractivity contribution in [2.75, 3.05) is 19.6 Å². The minimum Gasteiger partial charge on any atom is -0.490 e. The average Bonchev–Trinajstić information content (AvgIpc) is 2.95. The van der Waals surface area contributed by atoms with Crippen molar-refractivity contribution in [2.45, 2.75) is 84.8 Å². The molecule has 1 spiro atoms. The number of piperidine rings is 1. The zero-order valence-electron chi connectivity index (χ0n) is 21.7. The molecule has 0 unspecified atom stereocenters. The molecule has 0 aromatic heterocycles. The third-order valence-electron chi connectivity index (χ3n) is 6.73. The molecule has 34 heavy (non-hydrogen) atoms. The van der Waals surface area contributed by atoms with Crippen molar-refractivity contribution in [2.24, 2.45) is 5.73 Å². The van der Waals surface area contributed by atoms with Crippen LogP contribution >= 0.6 is 0 Å². The van der Waals surface area contributed by atoms with E-state index in [2.05, 4.69) is 49.6 Å². The fourth-order valence-electron chi connectivity index (χ4n) is 4.68. The SMILES string of the molecule is C=CC1=C(C)OC2(CCN(C(=O)CCC(N)=O)CC2)CCN1Cc1ccc(C(C)C)cc1.CC. The van der Waals surface area contributed by atoms with Crippen LogP contribution in [0.1, 0.15) is 83.8 Å². The zero-order valence-corrected chi connectivity index (χ0v) is 21.7. The monoisotopic (exact) mass is 469 g/mol. The smallest absolute Gasteiger partial charge is 0.223 e. The highest BCUT2D eigenvalue weighted by atomic mass is 16.5. The fraction of sp³-hybridized carbons (Fsp3) is 0.571. The molecule has 188 valence electrons. The van der Waals surface area contributed by atoms with Gasteiger partial charge in [0.25, 0.3) is 0 Å². The van der Waals surface area contributed by atoms with E-state index in [0.29, 0.717) is 19.0 Å². The molecule has 2 aliphatic rings. The Morgan fingerprint density at radius 1 is 1.09 bits per heavy atom. The number of benzene rings is 1. The molecule has 1 aromatic carbocycles. The van der Waals surface area contributed by atoms with Crippen molar-refractivity contribution in [3.63, 3.8) is 0 Å². The number of carbonyl (C=O) groups excluding carboxylic acids is 2. The quantitative estimate of drug-likeness (QED) is 0.603. The third-order valence-corrected chi connectivity index (χ3v) is 6.73. The summed E-state index contributed by atoms with van der Waals surface area (Å²) in [6.07, 6.45) is 4.65. The van der Waals surface area contributed by atoms with Crippen molar-refractivity contribution < 1.29 is 14.3 Å². The minimum atomic E-state index is -0.435. The van der Waals surface area contributed by atoms with E-state index in [-0.39, 0.29) is 24.3 Å². The number of likely N-dealkylation sites (tertiary alicyclic amines) is 1. The molecule has 2 aliphatic heterocycles. The first kappa shape index (κ1) is 27.5. The van der Waals surface area contributed by atoms with E-state index in [4.69, 9.17) is 10.5 Å². The minimum absolute atomic E-state index is 0.00205. The Bertz CT molecular complexity index is 865. The fourth-order valence-corrected chi connectivity index (χ4v) is 4.68. The first-order chi connectivity index (χ1) is 16.2. The van der Waals surface area contributed by atoms with Gasteiger partial charge in [-0.05, 0) is 30.0 Å². The van der Waals surface area contributed by atoms with Crippen LogP contribution in [0.5, 0.6) is 0 Å². The largest absolute Gasteiger partial charge is 0.490 e. The van der Waals surface area contributed by atoms with E-state index in [1.54, 1.807) is 0 Å². The number of primary amides is 1. The lowest BCUT2D eigenvalue weighted by molar-refractivity contribution is -0.137. The highest BCUT2D eigenvalue weighted by Crippen LogP contribution is 2.37. The van der Waals surface area contributed by atoms with E-state index < -0.39 is 5.91 Å². The number of nitrogens with zero attached hydrogens (tertiary/aromatic N) is 2. The summed E-state index contributed by atoms with van der Waals surface area (Å²) in [4.78, 5) is 27.5. The number of rotatable bonds is 7. The van der Waals surface area contributed by atoms with E-state index >= 15 is 0 Å². The van der Waals surface area contributed by atoms with Gasteiger partial charge in [-0.1, -0.05) is 58.5 Å². The lowest BCUT2D eigenvalue weighted by Crippen LogP contribution is -2.48. The Morgan fingerprint density at radius 2 is 1.68 bits per heavy atom. The normalized spacial score (nSPS) is 17.6. The molecule has 1 aromatic rings. The van der Waals surface area contributed by atoms with Gasteiger partial charge in [-0.25, -0.2) is 0 Å². The topological polar surface area (TPSA) is 75.9 Å². The summed E-state index contributed by atoms with van der Waals surface area (Å²) >= 11 is 0. The molecule has 0 atom stereocenters. The van der Waals surface area contributed by atoms with Crippen LogP contribution in [0, 0.1) is 0 Å². The summed E-state index contributed by atoms with van der Waals surface area (Å²) in [6.45, 7) is 17.4. The van der Waals surface area contributed by atoms with Gasteiger partial charge in [0.15, 0.2) is 0 Å². The summed E-state index contributed by atoms with van der Waals surface area (Å²) in [5.41, 5.74) is 8.57. The van der Waals surface area contributed by atoms with Crippen LogP contribution in [0.3, 0.4) is 0 Å². The number of hydrogen-bond donors (Lipinski definition) is 1. The molecule has 2 amide bonds. The number of nitrogens with two attached hydrogens (primary N) is 1. The zero-order chi connectivity index (χ0) is 25.3. The molecule has 2 heterocycles. The van der Waals surface area contributed by atoms with Crippen molar-refractivity contribution >= 4 is 11.8 Å². The van der Waals surface area contributed by atoms with Gasteiger partial charge in [-0.3, -0.25) is 9.59 Å². The van der Waals surface area contributed by atoms with Crippen LogP contribution in [0.4, 0.5) is 0 Å². The first-order valence-electron chi connectivity index (χ1n) is 12.7. The van der Waals surface area contributed by atoms with E-state index in [1.807, 2.05) is 31.7 Å². The van der Waals surface area contributed by atoms with Crippen molar-refractivity contribution in [1.29, 1.82) is 0 Å². The molecule has 6 heteroatoms. The third kappa shape index (κ3) is 7.12. The lowest BCUT2D eigenvalue weighted by Gasteiger charge is -2.41.